The molecule has 4 nitrogen and oxygen atoms in total. The van der Waals surface area contributed by atoms with Crippen LogP contribution in [0.5, 0.6) is 0 Å². The Hall–Kier alpha value is 0.110. The van der Waals surface area contributed by atoms with Crippen LogP contribution in [0.2, 0.25) is 0 Å². The van der Waals surface area contributed by atoms with Crippen LogP contribution in [0.15, 0.2) is 0 Å². The molecule has 2 unspecified atom stereocenters. The summed E-state index contributed by atoms with van der Waals surface area (Å²) < 4.78 is 18.0. The summed E-state index contributed by atoms with van der Waals surface area (Å²) in [4.78, 5) is 20.8. The quantitative estimate of drug-likeness (QED) is 0.761. The van der Waals surface area contributed by atoms with E-state index in [0.717, 1.165) is 0 Å². The lowest BCUT2D eigenvalue weighted by Gasteiger charge is -2.45. The topological polar surface area (TPSA) is 69.6 Å². The van der Waals surface area contributed by atoms with Gasteiger partial charge in [0.25, 0.3) is 0 Å². The Kier molecular flexibility index (Phi) is 6.17. The van der Waals surface area contributed by atoms with Crippen molar-refractivity contribution in [1.29, 1.82) is 0 Å². The van der Waals surface area contributed by atoms with Crippen molar-refractivity contribution < 1.29 is 19.1 Å². The van der Waals surface area contributed by atoms with Gasteiger partial charge < -0.3 is 19.1 Å². The predicted octanol–water partition coefficient (Wildman–Crippen LogP) is 4.31. The van der Waals surface area contributed by atoms with E-state index in [4.69, 9.17) is 4.74 Å². The molecule has 1 N–H and O–H groups in total. The van der Waals surface area contributed by atoms with Crippen LogP contribution in [0, 0.1) is 34.0 Å². The molecule has 1 aliphatic heterocycles. The van der Waals surface area contributed by atoms with Crippen molar-refractivity contribution in [3.8, 4) is 0 Å². The molecule has 144 valence electrons. The third kappa shape index (κ3) is 5.30. The van der Waals surface area contributed by atoms with Gasteiger partial charge in [-0.3, -0.25) is 0 Å². The molecular formula is C19H38O4P-. The Balaban J connectivity index is 3.36. The molecule has 6 atom stereocenters. The molecule has 5 heteroatoms. The van der Waals surface area contributed by atoms with E-state index >= 15 is 0 Å². The summed E-state index contributed by atoms with van der Waals surface area (Å²) in [6, 6.07) is 0. The predicted molar refractivity (Wildman–Crippen MR) is 97.9 cm³/mol. The van der Waals surface area contributed by atoms with Crippen molar-refractivity contribution in [3.05, 3.63) is 0 Å². The molecule has 1 saturated heterocycles. The second-order valence-corrected chi connectivity index (χ2v) is 12.6. The van der Waals surface area contributed by atoms with Crippen LogP contribution in [0.3, 0.4) is 0 Å². The minimum atomic E-state index is -4.30. The maximum atomic E-state index is 11.4. The third-order valence-corrected chi connectivity index (χ3v) is 6.34. The molecule has 0 aliphatic carbocycles. The molecule has 24 heavy (non-hydrogen) atoms. The summed E-state index contributed by atoms with van der Waals surface area (Å²) in [7, 11) is -4.30. The molecule has 0 amide bonds. The van der Waals surface area contributed by atoms with Gasteiger partial charge in [-0.1, -0.05) is 69.2 Å². The van der Waals surface area contributed by atoms with Crippen LogP contribution in [-0.2, 0) is 9.30 Å². The van der Waals surface area contributed by atoms with E-state index in [0.29, 0.717) is 5.92 Å². The molecule has 1 rings (SSSR count). The summed E-state index contributed by atoms with van der Waals surface area (Å²) in [5.74, 6) is 0.303. The largest absolute Gasteiger partial charge is 0.779 e. The first kappa shape index (κ1) is 22.2. The van der Waals surface area contributed by atoms with E-state index in [1.54, 1.807) is 0 Å². The molecular weight excluding hydrogens is 323 g/mol. The average molecular weight is 361 g/mol. The first-order valence-corrected chi connectivity index (χ1v) is 10.8. The molecule has 0 radical (unpaired) electrons. The third-order valence-electron chi connectivity index (χ3n) is 5.30. The molecule has 1 heterocycles. The maximum Gasteiger partial charge on any atom is 0.132 e. The van der Waals surface area contributed by atoms with E-state index < -0.39 is 7.60 Å². The highest BCUT2D eigenvalue weighted by Gasteiger charge is 2.57. The van der Waals surface area contributed by atoms with E-state index in [1.807, 2.05) is 6.92 Å². The van der Waals surface area contributed by atoms with E-state index in [9.17, 15) is 14.4 Å². The number of hydrogen-bond donors (Lipinski definition) is 1. The zero-order valence-corrected chi connectivity index (χ0v) is 18.1. The maximum absolute atomic E-state index is 11.4. The smallest absolute Gasteiger partial charge is 0.132 e. The van der Waals surface area contributed by atoms with Gasteiger partial charge in [0.1, 0.15) is 7.60 Å². The Morgan fingerprint density at radius 2 is 1.38 bits per heavy atom. The van der Waals surface area contributed by atoms with Gasteiger partial charge in [0.05, 0.1) is 12.2 Å². The van der Waals surface area contributed by atoms with Gasteiger partial charge in [-0.05, 0) is 34.0 Å². The summed E-state index contributed by atoms with van der Waals surface area (Å²) >= 11 is 0. The van der Waals surface area contributed by atoms with Gasteiger partial charge in [-0.15, -0.1) is 0 Å². The van der Waals surface area contributed by atoms with Crippen LogP contribution in [0.25, 0.3) is 0 Å². The second-order valence-electron chi connectivity index (χ2n) is 11.0. The lowest BCUT2D eigenvalue weighted by molar-refractivity contribution is -0.194. The van der Waals surface area contributed by atoms with Crippen molar-refractivity contribution in [1.82, 2.24) is 0 Å². The van der Waals surface area contributed by atoms with Gasteiger partial charge in [-0.2, -0.15) is 0 Å². The Labute approximate surface area is 148 Å². The van der Waals surface area contributed by atoms with E-state index in [1.165, 1.54) is 0 Å². The second kappa shape index (κ2) is 6.68. The standard InChI is InChI=1S/C19H39O4P/c1-12(11-24(20,21)22)15-13(17(2,3)4)14(18(5,6)7)16(23-15)19(8,9)10/h12-16H,11H2,1-10H3,(H2,20,21,22)/p-1/t12-,13?,14+,15-,16-/m1/s1. The van der Waals surface area contributed by atoms with E-state index in [-0.39, 0.29) is 46.5 Å². The first-order valence-electron chi connectivity index (χ1n) is 9.04. The molecule has 0 aromatic carbocycles. The van der Waals surface area contributed by atoms with Crippen LogP contribution in [-0.4, -0.2) is 23.3 Å². The highest BCUT2D eigenvalue weighted by molar-refractivity contribution is 7.50. The number of hydrogen-bond acceptors (Lipinski definition) is 3. The fraction of sp³-hybridized carbons (Fsp3) is 1.00. The molecule has 0 bridgehead atoms. The van der Waals surface area contributed by atoms with Crippen LogP contribution >= 0.6 is 7.60 Å². The molecule has 0 saturated carbocycles. The van der Waals surface area contributed by atoms with Gasteiger partial charge in [0.2, 0.25) is 0 Å². The van der Waals surface area contributed by atoms with Gasteiger partial charge >= 0.3 is 0 Å². The van der Waals surface area contributed by atoms with Crippen LogP contribution < -0.4 is 4.89 Å². The van der Waals surface area contributed by atoms with Crippen molar-refractivity contribution >= 4 is 7.60 Å². The molecule has 1 fully saturated rings. The highest BCUT2D eigenvalue weighted by Crippen LogP contribution is 2.56. The monoisotopic (exact) mass is 361 g/mol. The molecule has 1 aliphatic rings. The zero-order valence-electron chi connectivity index (χ0n) is 17.2. The Morgan fingerprint density at radius 3 is 1.67 bits per heavy atom. The van der Waals surface area contributed by atoms with Crippen LogP contribution in [0.4, 0.5) is 0 Å². The molecule has 0 aromatic heterocycles. The Bertz CT molecular complexity index is 475. The SMILES string of the molecule is C[C@H](CP(=O)([O-])O)[C@H]1O[C@@H](C(C)(C)C)[C@@H](C(C)(C)C)C1C(C)(C)C. The van der Waals surface area contributed by atoms with Gasteiger partial charge in [0, 0.05) is 6.16 Å². The molecule has 0 spiro atoms. The van der Waals surface area contributed by atoms with Crippen LogP contribution in [0.1, 0.15) is 69.2 Å². The lowest BCUT2D eigenvalue weighted by Crippen LogP contribution is -2.44. The van der Waals surface area contributed by atoms with Crippen molar-refractivity contribution in [2.75, 3.05) is 6.16 Å². The fourth-order valence-electron chi connectivity index (χ4n) is 4.45. The zero-order chi connectivity index (χ0) is 19.3. The summed E-state index contributed by atoms with van der Waals surface area (Å²) in [6.07, 6.45) is -0.343. The number of rotatable bonds is 3. The normalized spacial score (nSPS) is 33.3. The first-order chi connectivity index (χ1) is 10.4. The molecule has 0 aromatic rings. The lowest BCUT2D eigenvalue weighted by atomic mass is 9.58. The minimum Gasteiger partial charge on any atom is -0.779 e. The van der Waals surface area contributed by atoms with Gasteiger partial charge in [-0.25, -0.2) is 0 Å². The van der Waals surface area contributed by atoms with Gasteiger partial charge in [0.15, 0.2) is 0 Å². The summed E-state index contributed by atoms with van der Waals surface area (Å²) in [6.45, 7) is 21.8. The highest BCUT2D eigenvalue weighted by atomic mass is 31.2. The summed E-state index contributed by atoms with van der Waals surface area (Å²) in [5, 5.41) is 0. The number of ether oxygens (including phenoxy) is 1. The van der Waals surface area contributed by atoms with Crippen molar-refractivity contribution in [3.63, 3.8) is 0 Å². The average Bonchev–Trinajstić information content (AvgIpc) is 2.64. The minimum absolute atomic E-state index is 0.0147. The van der Waals surface area contributed by atoms with Crippen molar-refractivity contribution in [2.45, 2.75) is 81.4 Å². The fourth-order valence-corrected chi connectivity index (χ4v) is 5.39. The van der Waals surface area contributed by atoms with Crippen molar-refractivity contribution in [2.24, 2.45) is 34.0 Å². The Morgan fingerprint density at radius 1 is 0.958 bits per heavy atom. The van der Waals surface area contributed by atoms with E-state index in [2.05, 4.69) is 62.3 Å². The summed E-state index contributed by atoms with van der Waals surface area (Å²) in [5.41, 5.74) is 0.000231.